The van der Waals surface area contributed by atoms with E-state index in [4.69, 9.17) is 0 Å². The molecule has 0 saturated heterocycles. The van der Waals surface area contributed by atoms with Gasteiger partial charge in [0.25, 0.3) is 0 Å². The van der Waals surface area contributed by atoms with E-state index in [1.165, 1.54) is 6.08 Å². The molecule has 0 saturated carbocycles. The van der Waals surface area contributed by atoms with Crippen LogP contribution < -0.4 is 0 Å². The van der Waals surface area contributed by atoms with Gasteiger partial charge in [-0.1, -0.05) is 5.82 Å². The molecule has 28 valence electrons. The zero-order chi connectivity index (χ0) is 4.12. The molecule has 0 radical (unpaired) electrons. The Kier molecular flexibility index (Phi) is 3.72. The van der Waals surface area contributed by atoms with Gasteiger partial charge in [0.05, 0.1) is 0 Å². The minimum absolute atomic E-state index is 0.729. The molecule has 0 aliphatic heterocycles. The minimum Gasteiger partial charge on any atom is -0.299 e. The first-order valence-electron chi connectivity index (χ1n) is 1.24. The normalized spacial score (nSPS) is 9.00. The fourth-order valence-corrected chi connectivity index (χ4v) is 0.136. The van der Waals surface area contributed by atoms with Crippen molar-refractivity contribution < 1.29 is 4.79 Å². The van der Waals surface area contributed by atoms with Crippen LogP contribution in [-0.2, 0) is 4.79 Å². The molecule has 0 aliphatic rings. The van der Waals surface area contributed by atoms with Crippen LogP contribution in [0.2, 0.25) is 0 Å². The van der Waals surface area contributed by atoms with E-state index >= 15 is 0 Å². The number of carbonyl (C=O) groups is 1. The molecule has 0 N–H and O–H groups in total. The van der Waals surface area contributed by atoms with Crippen molar-refractivity contribution in [1.82, 2.24) is 0 Å². The smallest absolute Gasteiger partial charge is 0.142 e. The van der Waals surface area contributed by atoms with E-state index in [9.17, 15) is 4.79 Å². The van der Waals surface area contributed by atoms with Gasteiger partial charge in [-0.25, -0.2) is 0 Å². The van der Waals surface area contributed by atoms with Gasteiger partial charge in [0.1, 0.15) is 6.29 Å². The molecule has 5 heavy (non-hydrogen) atoms. The van der Waals surface area contributed by atoms with Crippen LogP contribution in [0.15, 0.2) is 11.9 Å². The second-order valence-electron chi connectivity index (χ2n) is 0.521. The van der Waals surface area contributed by atoms with E-state index in [1.807, 2.05) is 0 Å². The molecule has 1 unspecified atom stereocenters. The lowest BCUT2D eigenvalue weighted by Crippen LogP contribution is -1.48. The maximum atomic E-state index is 9.30. The van der Waals surface area contributed by atoms with E-state index in [-0.39, 0.29) is 0 Å². The van der Waals surface area contributed by atoms with Crippen molar-refractivity contribution in [2.75, 3.05) is 0 Å². The molecule has 0 spiro atoms. The molecule has 0 aromatic heterocycles. The summed E-state index contributed by atoms with van der Waals surface area (Å²) < 4.78 is 0. The van der Waals surface area contributed by atoms with Gasteiger partial charge in [0.15, 0.2) is 0 Å². The average molecular weight is 88.0 g/mol. The van der Waals surface area contributed by atoms with E-state index in [1.54, 1.807) is 5.82 Å². The van der Waals surface area contributed by atoms with E-state index < -0.39 is 0 Å². The zero-order valence-corrected chi connectivity index (χ0v) is 3.87. The first-order valence-corrected chi connectivity index (χ1v) is 1.90. The first-order chi connectivity index (χ1) is 2.41. The Bertz CT molecular complexity index is 48.9. The minimum atomic E-state index is 0.729. The summed E-state index contributed by atoms with van der Waals surface area (Å²) in [6.07, 6.45) is 2.14. The van der Waals surface area contributed by atoms with Gasteiger partial charge in [0.2, 0.25) is 0 Å². The Hall–Kier alpha value is -0.160. The van der Waals surface area contributed by atoms with E-state index in [0.717, 1.165) is 6.29 Å². The lowest BCUT2D eigenvalue weighted by molar-refractivity contribution is -0.104. The maximum absolute atomic E-state index is 9.30. The Morgan fingerprint density at radius 2 is 2.20 bits per heavy atom. The highest BCUT2D eigenvalue weighted by molar-refractivity contribution is 7.20. The number of hydrogen-bond acceptors (Lipinski definition) is 1. The standard InChI is InChI=1S/C3H5OP/c4-2-1-3-5/h1-3H,5H2/b3-1+. The SMILES string of the molecule is O=C/C=C/P. The summed E-state index contributed by atoms with van der Waals surface area (Å²) in [5.74, 6) is 1.60. The van der Waals surface area contributed by atoms with Crippen LogP contribution in [0.5, 0.6) is 0 Å². The van der Waals surface area contributed by atoms with Crippen molar-refractivity contribution in [2.45, 2.75) is 0 Å². The fraction of sp³-hybridized carbons (Fsp3) is 0. The fourth-order valence-electron chi connectivity index (χ4n) is 0.0454. The Morgan fingerprint density at radius 1 is 1.60 bits per heavy atom. The largest absolute Gasteiger partial charge is 0.299 e. The van der Waals surface area contributed by atoms with Crippen molar-refractivity contribution in [3.8, 4) is 0 Å². The van der Waals surface area contributed by atoms with Gasteiger partial charge in [0, 0.05) is 0 Å². The van der Waals surface area contributed by atoms with Crippen LogP contribution in [0.3, 0.4) is 0 Å². The van der Waals surface area contributed by atoms with Crippen molar-refractivity contribution in [2.24, 2.45) is 0 Å². The van der Waals surface area contributed by atoms with Gasteiger partial charge in [-0.2, -0.15) is 0 Å². The second-order valence-corrected chi connectivity index (χ2v) is 0.906. The molecule has 0 fully saturated rings. The summed E-state index contributed by atoms with van der Waals surface area (Å²) in [6.45, 7) is 0. The Balaban J connectivity index is 2.92. The van der Waals surface area contributed by atoms with Crippen LogP contribution in [0.4, 0.5) is 0 Å². The number of rotatable bonds is 1. The van der Waals surface area contributed by atoms with Crippen LogP contribution in [0.1, 0.15) is 0 Å². The molecular weight excluding hydrogens is 83.0 g/mol. The monoisotopic (exact) mass is 88.0 g/mol. The van der Waals surface area contributed by atoms with E-state index in [2.05, 4.69) is 9.24 Å². The molecular formula is C3H5OP. The highest BCUT2D eigenvalue weighted by atomic mass is 31.0. The third-order valence-electron chi connectivity index (χ3n) is 0.190. The maximum Gasteiger partial charge on any atom is 0.142 e. The summed E-state index contributed by atoms with van der Waals surface area (Å²) in [5.41, 5.74) is 0. The molecule has 0 aromatic rings. The second kappa shape index (κ2) is 3.84. The third kappa shape index (κ3) is 3.84. The number of allylic oxidation sites excluding steroid dienone is 1. The van der Waals surface area contributed by atoms with Gasteiger partial charge < -0.3 is 0 Å². The first kappa shape index (κ1) is 4.84. The molecule has 0 rings (SSSR count). The quantitative estimate of drug-likeness (QED) is 0.260. The van der Waals surface area contributed by atoms with Gasteiger partial charge in [-0.3, -0.25) is 4.79 Å². The molecule has 2 heteroatoms. The number of carbonyl (C=O) groups excluding carboxylic acids is 1. The Morgan fingerprint density at radius 3 is 2.20 bits per heavy atom. The average Bonchev–Trinajstić information content (AvgIpc) is 1.41. The van der Waals surface area contributed by atoms with Crippen molar-refractivity contribution in [3.05, 3.63) is 11.9 Å². The van der Waals surface area contributed by atoms with Crippen molar-refractivity contribution in [1.29, 1.82) is 0 Å². The predicted molar refractivity (Wildman–Crippen MR) is 24.9 cm³/mol. The molecule has 0 aliphatic carbocycles. The lowest BCUT2D eigenvalue weighted by atomic mass is 10.7. The van der Waals surface area contributed by atoms with Gasteiger partial charge >= 0.3 is 0 Å². The Labute approximate surface area is 33.3 Å². The zero-order valence-electron chi connectivity index (χ0n) is 2.72. The molecule has 0 amide bonds. The van der Waals surface area contributed by atoms with Crippen LogP contribution in [0.25, 0.3) is 0 Å². The van der Waals surface area contributed by atoms with E-state index in [0.29, 0.717) is 0 Å². The summed E-state index contributed by atoms with van der Waals surface area (Å²) in [7, 11) is 2.29. The highest BCUT2D eigenvalue weighted by Gasteiger charge is 1.48. The number of hydrogen-bond donors (Lipinski definition) is 0. The van der Waals surface area contributed by atoms with Crippen LogP contribution in [0, 0.1) is 0 Å². The number of aldehydes is 1. The van der Waals surface area contributed by atoms with Crippen LogP contribution >= 0.6 is 9.24 Å². The molecule has 0 heterocycles. The molecule has 1 atom stereocenters. The predicted octanol–water partition coefficient (Wildman–Crippen LogP) is 0.574. The summed E-state index contributed by atoms with van der Waals surface area (Å²) in [6, 6.07) is 0. The van der Waals surface area contributed by atoms with Gasteiger partial charge in [-0.05, 0) is 6.08 Å². The highest BCUT2D eigenvalue weighted by Crippen LogP contribution is 1.76. The summed E-state index contributed by atoms with van der Waals surface area (Å²) >= 11 is 0. The topological polar surface area (TPSA) is 17.1 Å². The molecule has 1 nitrogen and oxygen atoms in total. The molecule has 0 aromatic carbocycles. The third-order valence-corrected chi connectivity index (χ3v) is 0.412. The lowest BCUT2D eigenvalue weighted by Gasteiger charge is -1.51. The van der Waals surface area contributed by atoms with Crippen molar-refractivity contribution in [3.63, 3.8) is 0 Å². The summed E-state index contributed by atoms with van der Waals surface area (Å²) in [5, 5.41) is 0. The van der Waals surface area contributed by atoms with Crippen LogP contribution in [-0.4, -0.2) is 6.29 Å². The molecule has 0 bridgehead atoms. The van der Waals surface area contributed by atoms with Gasteiger partial charge in [-0.15, -0.1) is 9.24 Å². The summed E-state index contributed by atoms with van der Waals surface area (Å²) in [4.78, 5) is 9.30. The van der Waals surface area contributed by atoms with Crippen molar-refractivity contribution >= 4 is 15.5 Å².